The predicted octanol–water partition coefficient (Wildman–Crippen LogP) is 1.99. The van der Waals surface area contributed by atoms with E-state index in [4.69, 9.17) is 5.73 Å². The highest BCUT2D eigenvalue weighted by Crippen LogP contribution is 2.50. The molecular formula is C13H24N2. The van der Waals surface area contributed by atoms with Gasteiger partial charge in [0.2, 0.25) is 0 Å². The summed E-state index contributed by atoms with van der Waals surface area (Å²) in [6.45, 7) is 3.70. The van der Waals surface area contributed by atoms with Crippen molar-refractivity contribution >= 4 is 0 Å². The Hall–Kier alpha value is -0.0800. The van der Waals surface area contributed by atoms with Crippen molar-refractivity contribution in [3.05, 3.63) is 0 Å². The first-order valence-electron chi connectivity index (χ1n) is 6.77. The van der Waals surface area contributed by atoms with Crippen LogP contribution in [0.25, 0.3) is 0 Å². The average molecular weight is 208 g/mol. The minimum absolute atomic E-state index is 0.788. The Balaban J connectivity index is 1.57. The van der Waals surface area contributed by atoms with Gasteiger partial charge >= 0.3 is 0 Å². The van der Waals surface area contributed by atoms with E-state index < -0.39 is 0 Å². The van der Waals surface area contributed by atoms with E-state index in [1.165, 1.54) is 58.0 Å². The fourth-order valence-electron chi connectivity index (χ4n) is 3.99. The van der Waals surface area contributed by atoms with Crippen LogP contribution in [0.5, 0.6) is 0 Å². The Kier molecular flexibility index (Phi) is 2.52. The first kappa shape index (κ1) is 10.1. The van der Waals surface area contributed by atoms with Crippen molar-refractivity contribution in [3.8, 4) is 0 Å². The van der Waals surface area contributed by atoms with Crippen LogP contribution in [0.1, 0.15) is 44.9 Å². The maximum atomic E-state index is 5.90. The molecule has 2 aliphatic carbocycles. The smallest absolute Gasteiger partial charge is 0.0136 e. The van der Waals surface area contributed by atoms with Crippen molar-refractivity contribution in [3.63, 3.8) is 0 Å². The zero-order valence-electron chi connectivity index (χ0n) is 9.75. The summed E-state index contributed by atoms with van der Waals surface area (Å²) in [5, 5.41) is 0. The fourth-order valence-corrected chi connectivity index (χ4v) is 3.99. The zero-order valence-corrected chi connectivity index (χ0v) is 9.75. The fraction of sp³-hybridized carbons (Fsp3) is 1.00. The number of hydrogen-bond donors (Lipinski definition) is 1. The maximum Gasteiger partial charge on any atom is 0.0136 e. The summed E-state index contributed by atoms with van der Waals surface area (Å²) >= 11 is 0. The maximum absolute atomic E-state index is 5.90. The van der Waals surface area contributed by atoms with E-state index in [0.717, 1.165) is 23.9 Å². The molecule has 2 N–H and O–H groups in total. The van der Waals surface area contributed by atoms with Crippen LogP contribution < -0.4 is 5.73 Å². The molecule has 0 bridgehead atoms. The summed E-state index contributed by atoms with van der Waals surface area (Å²) in [5.74, 6) is 0.802. The van der Waals surface area contributed by atoms with Crippen molar-refractivity contribution in [2.75, 3.05) is 19.6 Å². The molecule has 1 aliphatic heterocycles. The lowest BCUT2D eigenvalue weighted by Gasteiger charge is -2.60. The molecule has 0 amide bonds. The van der Waals surface area contributed by atoms with Crippen LogP contribution in [0.15, 0.2) is 0 Å². The van der Waals surface area contributed by atoms with Crippen LogP contribution in [-0.4, -0.2) is 30.6 Å². The summed E-state index contributed by atoms with van der Waals surface area (Å²) in [6.07, 6.45) is 10.1. The van der Waals surface area contributed by atoms with Gasteiger partial charge in [-0.1, -0.05) is 19.3 Å². The second kappa shape index (κ2) is 3.74. The van der Waals surface area contributed by atoms with Gasteiger partial charge in [0.15, 0.2) is 0 Å². The molecule has 3 fully saturated rings. The van der Waals surface area contributed by atoms with Gasteiger partial charge in [0.05, 0.1) is 0 Å². The summed E-state index contributed by atoms with van der Waals surface area (Å²) in [7, 11) is 0. The minimum atomic E-state index is 0.788. The summed E-state index contributed by atoms with van der Waals surface area (Å²) in [6, 6.07) is 0.843. The molecule has 15 heavy (non-hydrogen) atoms. The zero-order chi connectivity index (χ0) is 10.3. The topological polar surface area (TPSA) is 29.3 Å². The summed E-state index contributed by atoms with van der Waals surface area (Å²) in [4.78, 5) is 2.75. The van der Waals surface area contributed by atoms with E-state index in [9.17, 15) is 0 Å². The number of hydrogen-bond acceptors (Lipinski definition) is 2. The van der Waals surface area contributed by atoms with E-state index in [1.807, 2.05) is 0 Å². The molecule has 1 heterocycles. The van der Waals surface area contributed by atoms with Gasteiger partial charge in [-0.05, 0) is 43.6 Å². The van der Waals surface area contributed by atoms with Gasteiger partial charge in [0.1, 0.15) is 0 Å². The first-order chi connectivity index (χ1) is 7.33. The van der Waals surface area contributed by atoms with Gasteiger partial charge < -0.3 is 5.73 Å². The van der Waals surface area contributed by atoms with Gasteiger partial charge in [-0.3, -0.25) is 4.90 Å². The average Bonchev–Trinajstić information content (AvgIpc) is 2.14. The van der Waals surface area contributed by atoms with Crippen molar-refractivity contribution in [1.29, 1.82) is 0 Å². The predicted molar refractivity (Wildman–Crippen MR) is 62.7 cm³/mol. The Labute approximate surface area is 93.2 Å². The van der Waals surface area contributed by atoms with Gasteiger partial charge in [-0.15, -0.1) is 0 Å². The molecule has 2 saturated carbocycles. The highest BCUT2D eigenvalue weighted by molar-refractivity contribution is 5.03. The number of rotatable bonds is 2. The van der Waals surface area contributed by atoms with Crippen molar-refractivity contribution in [1.82, 2.24) is 4.90 Å². The standard InChI is InChI=1S/C13H24N2/c14-8-11-4-1-2-5-12(11)15-9-13(10-15)6-3-7-13/h11-12H,1-10,14H2. The summed E-state index contributed by atoms with van der Waals surface area (Å²) in [5.41, 5.74) is 6.69. The molecule has 86 valence electrons. The van der Waals surface area contributed by atoms with Crippen molar-refractivity contribution in [2.24, 2.45) is 17.1 Å². The van der Waals surface area contributed by atoms with E-state index in [1.54, 1.807) is 0 Å². The Morgan fingerprint density at radius 2 is 1.80 bits per heavy atom. The molecule has 0 aromatic rings. The molecule has 2 nitrogen and oxygen atoms in total. The van der Waals surface area contributed by atoms with Crippen molar-refractivity contribution < 1.29 is 0 Å². The lowest BCUT2D eigenvalue weighted by Crippen LogP contribution is -2.64. The molecular weight excluding hydrogens is 184 g/mol. The lowest BCUT2D eigenvalue weighted by atomic mass is 9.62. The quantitative estimate of drug-likeness (QED) is 0.752. The van der Waals surface area contributed by atoms with E-state index in [2.05, 4.69) is 4.90 Å². The highest BCUT2D eigenvalue weighted by Gasteiger charge is 2.50. The summed E-state index contributed by atoms with van der Waals surface area (Å²) < 4.78 is 0. The SMILES string of the molecule is NCC1CCCCC1N1CC2(CCC2)C1. The molecule has 1 saturated heterocycles. The second-order valence-electron chi connectivity index (χ2n) is 6.11. The number of nitrogens with two attached hydrogens (primary N) is 1. The molecule has 3 rings (SSSR count). The molecule has 2 unspecified atom stereocenters. The molecule has 2 heteroatoms. The van der Waals surface area contributed by atoms with Crippen LogP contribution in [0.2, 0.25) is 0 Å². The molecule has 2 atom stereocenters. The first-order valence-corrected chi connectivity index (χ1v) is 6.77. The van der Waals surface area contributed by atoms with Gasteiger partial charge in [0.25, 0.3) is 0 Å². The van der Waals surface area contributed by atoms with Crippen LogP contribution >= 0.6 is 0 Å². The third-order valence-corrected chi connectivity index (χ3v) is 5.13. The molecule has 3 aliphatic rings. The third kappa shape index (κ3) is 1.62. The largest absolute Gasteiger partial charge is 0.330 e. The Morgan fingerprint density at radius 3 is 2.40 bits per heavy atom. The normalized spacial score (nSPS) is 39.8. The molecule has 1 spiro atoms. The molecule has 0 aromatic heterocycles. The van der Waals surface area contributed by atoms with Crippen LogP contribution in [-0.2, 0) is 0 Å². The van der Waals surface area contributed by atoms with Gasteiger partial charge in [0, 0.05) is 19.1 Å². The Bertz CT molecular complexity index is 227. The number of likely N-dealkylation sites (tertiary alicyclic amines) is 1. The highest BCUT2D eigenvalue weighted by atomic mass is 15.2. The second-order valence-corrected chi connectivity index (χ2v) is 6.11. The lowest BCUT2D eigenvalue weighted by molar-refractivity contribution is -0.101. The van der Waals surface area contributed by atoms with E-state index >= 15 is 0 Å². The van der Waals surface area contributed by atoms with Crippen LogP contribution in [0.4, 0.5) is 0 Å². The van der Waals surface area contributed by atoms with Gasteiger partial charge in [-0.2, -0.15) is 0 Å². The van der Waals surface area contributed by atoms with Crippen LogP contribution in [0, 0.1) is 11.3 Å². The molecule has 0 aromatic carbocycles. The van der Waals surface area contributed by atoms with E-state index in [-0.39, 0.29) is 0 Å². The molecule has 0 radical (unpaired) electrons. The number of nitrogens with zero attached hydrogens (tertiary/aromatic N) is 1. The monoisotopic (exact) mass is 208 g/mol. The van der Waals surface area contributed by atoms with E-state index in [0.29, 0.717) is 0 Å². The minimum Gasteiger partial charge on any atom is -0.330 e. The van der Waals surface area contributed by atoms with Crippen LogP contribution in [0.3, 0.4) is 0 Å². The van der Waals surface area contributed by atoms with Crippen molar-refractivity contribution in [2.45, 2.75) is 51.0 Å². The Morgan fingerprint density at radius 1 is 1.07 bits per heavy atom. The van der Waals surface area contributed by atoms with Gasteiger partial charge in [-0.25, -0.2) is 0 Å². The third-order valence-electron chi connectivity index (χ3n) is 5.13.